The minimum absolute atomic E-state index is 0.541. The van der Waals surface area contributed by atoms with Crippen LogP contribution in [0.3, 0.4) is 0 Å². The quantitative estimate of drug-likeness (QED) is 0.718. The van der Waals surface area contributed by atoms with E-state index in [4.69, 9.17) is 6.42 Å². The molecule has 0 amide bonds. The van der Waals surface area contributed by atoms with E-state index in [9.17, 15) is 0 Å². The Kier molecular flexibility index (Phi) is 6.24. The Morgan fingerprint density at radius 3 is 2.42 bits per heavy atom. The van der Waals surface area contributed by atoms with Crippen molar-refractivity contribution in [1.82, 2.24) is 5.32 Å². The standard InChI is InChI=1S/C18H31N/c1-3-10-16(4-2)19-18-14-9-8-13-17(18)15-11-6-5-7-12-15/h1,15-19H,4-14H2,2H3. The molecular formula is C18H31N. The smallest absolute Gasteiger partial charge is 0.0240 e. The first-order chi connectivity index (χ1) is 9.35. The van der Waals surface area contributed by atoms with Gasteiger partial charge < -0.3 is 5.32 Å². The minimum atomic E-state index is 0.541. The van der Waals surface area contributed by atoms with E-state index >= 15 is 0 Å². The molecule has 3 unspecified atom stereocenters. The van der Waals surface area contributed by atoms with Crippen LogP contribution in [-0.4, -0.2) is 12.1 Å². The van der Waals surface area contributed by atoms with Crippen molar-refractivity contribution in [3.63, 3.8) is 0 Å². The van der Waals surface area contributed by atoms with Crippen LogP contribution in [0.15, 0.2) is 0 Å². The lowest BCUT2D eigenvalue weighted by molar-refractivity contribution is 0.141. The van der Waals surface area contributed by atoms with Crippen LogP contribution in [0.2, 0.25) is 0 Å². The molecule has 108 valence electrons. The predicted molar refractivity (Wildman–Crippen MR) is 83.0 cm³/mol. The fourth-order valence-electron chi connectivity index (χ4n) is 4.26. The van der Waals surface area contributed by atoms with Crippen LogP contribution in [0.25, 0.3) is 0 Å². The van der Waals surface area contributed by atoms with E-state index in [1.54, 1.807) is 0 Å². The Morgan fingerprint density at radius 2 is 1.74 bits per heavy atom. The number of hydrogen-bond donors (Lipinski definition) is 1. The monoisotopic (exact) mass is 261 g/mol. The largest absolute Gasteiger partial charge is 0.310 e. The van der Waals surface area contributed by atoms with E-state index in [2.05, 4.69) is 18.2 Å². The molecule has 2 aliphatic rings. The molecule has 0 aromatic heterocycles. The first kappa shape index (κ1) is 14.9. The number of nitrogens with one attached hydrogen (secondary N) is 1. The lowest BCUT2D eigenvalue weighted by Crippen LogP contribution is -2.46. The molecule has 1 heteroatoms. The fourth-order valence-corrected chi connectivity index (χ4v) is 4.26. The molecule has 2 saturated carbocycles. The molecule has 2 fully saturated rings. The molecule has 1 nitrogen and oxygen atoms in total. The summed E-state index contributed by atoms with van der Waals surface area (Å²) in [5.41, 5.74) is 0. The van der Waals surface area contributed by atoms with Crippen molar-refractivity contribution < 1.29 is 0 Å². The Hall–Kier alpha value is -0.480. The van der Waals surface area contributed by atoms with E-state index in [-0.39, 0.29) is 0 Å². The third kappa shape index (κ3) is 4.25. The molecule has 19 heavy (non-hydrogen) atoms. The third-order valence-corrected chi connectivity index (χ3v) is 5.38. The highest BCUT2D eigenvalue weighted by Crippen LogP contribution is 2.38. The van der Waals surface area contributed by atoms with E-state index in [1.165, 1.54) is 57.8 Å². The van der Waals surface area contributed by atoms with Gasteiger partial charge in [-0.1, -0.05) is 51.9 Å². The second-order valence-electron chi connectivity index (χ2n) is 6.63. The molecule has 0 heterocycles. The Morgan fingerprint density at radius 1 is 1.05 bits per heavy atom. The summed E-state index contributed by atoms with van der Waals surface area (Å²) in [6.07, 6.45) is 20.6. The van der Waals surface area contributed by atoms with Crippen molar-refractivity contribution in [3.8, 4) is 12.3 Å². The van der Waals surface area contributed by atoms with Crippen LogP contribution < -0.4 is 5.32 Å². The fraction of sp³-hybridized carbons (Fsp3) is 0.889. The maximum Gasteiger partial charge on any atom is 0.0240 e. The van der Waals surface area contributed by atoms with Crippen LogP contribution in [0.1, 0.15) is 77.6 Å². The maximum absolute atomic E-state index is 5.50. The minimum Gasteiger partial charge on any atom is -0.310 e. The van der Waals surface area contributed by atoms with Gasteiger partial charge in [-0.25, -0.2) is 0 Å². The SMILES string of the molecule is C#CCC(CC)NC1CCCCC1C1CCCCC1. The zero-order chi connectivity index (χ0) is 13.5. The Labute approximate surface area is 119 Å². The highest BCUT2D eigenvalue weighted by atomic mass is 15.0. The summed E-state index contributed by atoms with van der Waals surface area (Å²) in [6.45, 7) is 2.26. The maximum atomic E-state index is 5.50. The second kappa shape index (κ2) is 7.95. The average molecular weight is 261 g/mol. The van der Waals surface area contributed by atoms with E-state index in [0.717, 1.165) is 30.7 Å². The number of rotatable bonds is 5. The van der Waals surface area contributed by atoms with Gasteiger partial charge >= 0.3 is 0 Å². The van der Waals surface area contributed by atoms with Gasteiger partial charge in [0.15, 0.2) is 0 Å². The van der Waals surface area contributed by atoms with E-state index < -0.39 is 0 Å². The summed E-state index contributed by atoms with van der Waals surface area (Å²) in [4.78, 5) is 0. The van der Waals surface area contributed by atoms with Crippen molar-refractivity contribution in [2.75, 3.05) is 0 Å². The van der Waals surface area contributed by atoms with Crippen molar-refractivity contribution in [2.45, 2.75) is 89.6 Å². The van der Waals surface area contributed by atoms with Gasteiger partial charge in [-0.2, -0.15) is 0 Å². The molecule has 0 saturated heterocycles. The van der Waals surface area contributed by atoms with Gasteiger partial charge in [-0.3, -0.25) is 0 Å². The molecule has 0 bridgehead atoms. The molecule has 3 atom stereocenters. The van der Waals surface area contributed by atoms with Gasteiger partial charge in [0.25, 0.3) is 0 Å². The molecule has 2 aliphatic carbocycles. The normalized spacial score (nSPS) is 30.7. The van der Waals surface area contributed by atoms with Crippen LogP contribution in [-0.2, 0) is 0 Å². The topological polar surface area (TPSA) is 12.0 Å². The van der Waals surface area contributed by atoms with E-state index in [1.807, 2.05) is 0 Å². The van der Waals surface area contributed by atoms with Crippen molar-refractivity contribution >= 4 is 0 Å². The highest BCUT2D eigenvalue weighted by molar-refractivity contribution is 4.93. The van der Waals surface area contributed by atoms with Crippen LogP contribution in [0.4, 0.5) is 0 Å². The molecule has 0 spiro atoms. The predicted octanol–water partition coefficient (Wildman–Crippen LogP) is 4.52. The molecule has 0 radical (unpaired) electrons. The first-order valence-electron chi connectivity index (χ1n) is 8.54. The summed E-state index contributed by atoms with van der Waals surface area (Å²) >= 11 is 0. The summed E-state index contributed by atoms with van der Waals surface area (Å²) in [5, 5.41) is 3.91. The first-order valence-corrected chi connectivity index (χ1v) is 8.54. The van der Waals surface area contributed by atoms with Crippen molar-refractivity contribution in [1.29, 1.82) is 0 Å². The molecule has 0 aliphatic heterocycles. The Bertz CT molecular complexity index is 285. The lowest BCUT2D eigenvalue weighted by atomic mass is 9.70. The highest BCUT2D eigenvalue weighted by Gasteiger charge is 2.33. The van der Waals surface area contributed by atoms with Gasteiger partial charge in [0.1, 0.15) is 0 Å². The van der Waals surface area contributed by atoms with E-state index in [0.29, 0.717) is 6.04 Å². The number of terminal acetylenes is 1. The summed E-state index contributed by atoms with van der Waals surface area (Å²) in [6, 6.07) is 1.29. The van der Waals surface area contributed by atoms with Gasteiger partial charge in [-0.05, 0) is 31.1 Å². The summed E-state index contributed by atoms with van der Waals surface area (Å²) in [5.74, 6) is 4.77. The summed E-state index contributed by atoms with van der Waals surface area (Å²) < 4.78 is 0. The zero-order valence-corrected chi connectivity index (χ0v) is 12.7. The zero-order valence-electron chi connectivity index (χ0n) is 12.7. The second-order valence-corrected chi connectivity index (χ2v) is 6.63. The van der Waals surface area contributed by atoms with Gasteiger partial charge in [-0.15, -0.1) is 12.3 Å². The summed E-state index contributed by atoms with van der Waals surface area (Å²) in [7, 11) is 0. The van der Waals surface area contributed by atoms with Gasteiger partial charge in [0.05, 0.1) is 0 Å². The molecule has 2 rings (SSSR count). The van der Waals surface area contributed by atoms with Crippen molar-refractivity contribution in [3.05, 3.63) is 0 Å². The van der Waals surface area contributed by atoms with Crippen LogP contribution in [0, 0.1) is 24.2 Å². The Balaban J connectivity index is 1.92. The number of hydrogen-bond acceptors (Lipinski definition) is 1. The molecule has 0 aromatic carbocycles. The average Bonchev–Trinajstić information content (AvgIpc) is 2.48. The van der Waals surface area contributed by atoms with Gasteiger partial charge in [0, 0.05) is 18.5 Å². The van der Waals surface area contributed by atoms with Gasteiger partial charge in [0.2, 0.25) is 0 Å². The van der Waals surface area contributed by atoms with Crippen LogP contribution in [0.5, 0.6) is 0 Å². The van der Waals surface area contributed by atoms with Crippen LogP contribution >= 0.6 is 0 Å². The lowest BCUT2D eigenvalue weighted by Gasteiger charge is -2.41. The molecular weight excluding hydrogens is 230 g/mol. The van der Waals surface area contributed by atoms with Crippen molar-refractivity contribution in [2.24, 2.45) is 11.8 Å². The molecule has 1 N–H and O–H groups in total. The molecule has 0 aromatic rings. The third-order valence-electron chi connectivity index (χ3n) is 5.38.